The van der Waals surface area contributed by atoms with Crippen LogP contribution in [0.2, 0.25) is 5.02 Å². The van der Waals surface area contributed by atoms with E-state index in [1.165, 1.54) is 0 Å². The first-order chi connectivity index (χ1) is 8.29. The molecule has 1 aromatic rings. The van der Waals surface area contributed by atoms with Gasteiger partial charge < -0.3 is 9.84 Å². The second-order valence-corrected chi connectivity index (χ2v) is 5.63. The zero-order valence-electron chi connectivity index (χ0n) is 10.9. The van der Waals surface area contributed by atoms with E-state index in [1.807, 2.05) is 20.8 Å². The maximum Gasteiger partial charge on any atom is 0.311 e. The van der Waals surface area contributed by atoms with E-state index in [2.05, 4.69) is 0 Å². The van der Waals surface area contributed by atoms with Crippen molar-refractivity contribution in [3.8, 4) is 0 Å². The van der Waals surface area contributed by atoms with Gasteiger partial charge in [0.1, 0.15) is 0 Å². The molecule has 1 atom stereocenters. The highest BCUT2D eigenvalue weighted by molar-refractivity contribution is 6.30. The number of ether oxygens (including phenoxy) is 1. The Hall–Kier alpha value is -1.06. The molecule has 0 radical (unpaired) electrons. The maximum absolute atomic E-state index is 11.3. The number of benzene rings is 1. The number of halogens is 1. The molecule has 0 saturated heterocycles. The van der Waals surface area contributed by atoms with E-state index in [4.69, 9.17) is 16.3 Å². The predicted molar refractivity (Wildman–Crippen MR) is 72.2 cm³/mol. The van der Waals surface area contributed by atoms with Crippen LogP contribution in [0.5, 0.6) is 0 Å². The van der Waals surface area contributed by atoms with Crippen LogP contribution in [-0.4, -0.2) is 23.3 Å². The van der Waals surface area contributed by atoms with Crippen molar-refractivity contribution in [2.75, 3.05) is 6.61 Å². The number of rotatable bonds is 5. The Balaban J connectivity index is 2.66. The molecule has 0 saturated carbocycles. The molecule has 0 bridgehead atoms. The standard InChI is InChI=1S/C14H19ClO3/c1-14(2,3)18-9-8-12(13(16)17)10-4-6-11(15)7-5-10/h4-7,12H,8-9H2,1-3H3,(H,16,17). The van der Waals surface area contributed by atoms with Crippen LogP contribution in [0.3, 0.4) is 0 Å². The Morgan fingerprint density at radius 2 is 1.89 bits per heavy atom. The molecular formula is C14H19ClO3. The lowest BCUT2D eigenvalue weighted by atomic mass is 9.96. The minimum absolute atomic E-state index is 0.247. The first-order valence-electron chi connectivity index (χ1n) is 5.92. The quantitative estimate of drug-likeness (QED) is 0.887. The molecule has 0 fully saturated rings. The third-order valence-corrected chi connectivity index (χ3v) is 2.76. The van der Waals surface area contributed by atoms with Gasteiger partial charge in [-0.05, 0) is 44.9 Å². The summed E-state index contributed by atoms with van der Waals surface area (Å²) in [6.45, 7) is 6.27. The number of carboxylic acids is 1. The summed E-state index contributed by atoms with van der Waals surface area (Å²) < 4.78 is 5.57. The number of hydrogen-bond donors (Lipinski definition) is 1. The molecule has 3 nitrogen and oxygen atoms in total. The lowest BCUT2D eigenvalue weighted by Crippen LogP contribution is -2.22. The Bertz CT molecular complexity index is 392. The van der Waals surface area contributed by atoms with Crippen molar-refractivity contribution in [2.24, 2.45) is 0 Å². The molecule has 1 aromatic carbocycles. The van der Waals surface area contributed by atoms with Crippen LogP contribution in [0, 0.1) is 0 Å². The fourth-order valence-corrected chi connectivity index (χ4v) is 1.74. The summed E-state index contributed by atoms with van der Waals surface area (Å²) >= 11 is 5.79. The molecule has 1 N–H and O–H groups in total. The Morgan fingerprint density at radius 1 is 1.33 bits per heavy atom. The minimum atomic E-state index is -0.838. The van der Waals surface area contributed by atoms with Crippen LogP contribution in [0.25, 0.3) is 0 Å². The van der Waals surface area contributed by atoms with Gasteiger partial charge in [-0.15, -0.1) is 0 Å². The number of hydrogen-bond acceptors (Lipinski definition) is 2. The topological polar surface area (TPSA) is 46.5 Å². The molecule has 1 unspecified atom stereocenters. The molecule has 0 aliphatic rings. The minimum Gasteiger partial charge on any atom is -0.481 e. The van der Waals surface area contributed by atoms with Crippen LogP contribution in [0.4, 0.5) is 0 Å². The smallest absolute Gasteiger partial charge is 0.311 e. The molecule has 100 valence electrons. The number of carbonyl (C=O) groups is 1. The average Bonchev–Trinajstić information content (AvgIpc) is 2.24. The Kier molecular flexibility index (Phi) is 5.17. The van der Waals surface area contributed by atoms with Crippen LogP contribution in [-0.2, 0) is 9.53 Å². The molecule has 0 aliphatic heterocycles. The Morgan fingerprint density at radius 3 is 2.33 bits per heavy atom. The second kappa shape index (κ2) is 6.21. The van der Waals surface area contributed by atoms with Gasteiger partial charge in [-0.25, -0.2) is 0 Å². The van der Waals surface area contributed by atoms with Gasteiger partial charge >= 0.3 is 5.97 Å². The average molecular weight is 271 g/mol. The highest BCUT2D eigenvalue weighted by Crippen LogP contribution is 2.23. The fraction of sp³-hybridized carbons (Fsp3) is 0.500. The monoisotopic (exact) mass is 270 g/mol. The normalized spacial score (nSPS) is 13.3. The summed E-state index contributed by atoms with van der Waals surface area (Å²) in [5.74, 6) is -1.39. The van der Waals surface area contributed by atoms with Crippen molar-refractivity contribution < 1.29 is 14.6 Å². The van der Waals surface area contributed by atoms with Crippen molar-refractivity contribution in [2.45, 2.75) is 38.7 Å². The van der Waals surface area contributed by atoms with Crippen LogP contribution < -0.4 is 0 Å². The summed E-state index contributed by atoms with van der Waals surface area (Å²) in [6, 6.07) is 6.91. The summed E-state index contributed by atoms with van der Waals surface area (Å²) in [5, 5.41) is 9.84. The van der Waals surface area contributed by atoms with Gasteiger partial charge in [0.05, 0.1) is 11.5 Å². The first kappa shape index (κ1) is 15.0. The third kappa shape index (κ3) is 5.07. The molecule has 0 heterocycles. The largest absolute Gasteiger partial charge is 0.481 e. The van der Waals surface area contributed by atoms with E-state index in [-0.39, 0.29) is 5.60 Å². The fourth-order valence-electron chi connectivity index (χ4n) is 1.61. The van der Waals surface area contributed by atoms with Crippen molar-refractivity contribution in [1.82, 2.24) is 0 Å². The van der Waals surface area contributed by atoms with Gasteiger partial charge in [-0.1, -0.05) is 23.7 Å². The van der Waals surface area contributed by atoms with Gasteiger partial charge in [0.2, 0.25) is 0 Å². The molecule has 0 spiro atoms. The molecule has 0 aromatic heterocycles. The number of carboxylic acid groups (broad SMARTS) is 1. The molecular weight excluding hydrogens is 252 g/mol. The lowest BCUT2D eigenvalue weighted by Gasteiger charge is -2.21. The van der Waals surface area contributed by atoms with Gasteiger partial charge in [-0.3, -0.25) is 4.79 Å². The molecule has 0 amide bonds. The molecule has 4 heteroatoms. The Labute approximate surface area is 113 Å². The number of aliphatic carboxylic acids is 1. The van der Waals surface area contributed by atoms with Gasteiger partial charge in [0.15, 0.2) is 0 Å². The molecule has 0 aliphatic carbocycles. The van der Waals surface area contributed by atoms with E-state index in [9.17, 15) is 9.90 Å². The van der Waals surface area contributed by atoms with E-state index in [0.29, 0.717) is 18.1 Å². The van der Waals surface area contributed by atoms with Crippen LogP contribution in [0.15, 0.2) is 24.3 Å². The van der Waals surface area contributed by atoms with Crippen LogP contribution >= 0.6 is 11.6 Å². The lowest BCUT2D eigenvalue weighted by molar-refractivity contribution is -0.139. The van der Waals surface area contributed by atoms with Gasteiger partial charge in [-0.2, -0.15) is 0 Å². The summed E-state index contributed by atoms with van der Waals surface area (Å²) in [4.78, 5) is 11.3. The van der Waals surface area contributed by atoms with Crippen LogP contribution in [0.1, 0.15) is 38.7 Å². The third-order valence-electron chi connectivity index (χ3n) is 2.51. The summed E-state index contributed by atoms with van der Waals surface area (Å²) in [5.41, 5.74) is 0.507. The van der Waals surface area contributed by atoms with Crippen molar-refractivity contribution >= 4 is 17.6 Å². The van der Waals surface area contributed by atoms with Crippen molar-refractivity contribution in [3.63, 3.8) is 0 Å². The first-order valence-corrected chi connectivity index (χ1v) is 6.29. The maximum atomic E-state index is 11.3. The zero-order chi connectivity index (χ0) is 13.8. The highest BCUT2D eigenvalue weighted by Gasteiger charge is 2.20. The second-order valence-electron chi connectivity index (χ2n) is 5.19. The van der Waals surface area contributed by atoms with Crippen molar-refractivity contribution in [1.29, 1.82) is 0 Å². The zero-order valence-corrected chi connectivity index (χ0v) is 11.7. The predicted octanol–water partition coefficient (Wildman–Crippen LogP) is 3.71. The SMILES string of the molecule is CC(C)(C)OCCC(C(=O)O)c1ccc(Cl)cc1. The van der Waals surface area contributed by atoms with E-state index < -0.39 is 11.9 Å². The van der Waals surface area contributed by atoms with E-state index in [1.54, 1.807) is 24.3 Å². The summed E-state index contributed by atoms with van der Waals surface area (Å²) in [6.07, 6.45) is 0.453. The van der Waals surface area contributed by atoms with E-state index >= 15 is 0 Å². The van der Waals surface area contributed by atoms with Gasteiger partial charge in [0.25, 0.3) is 0 Å². The van der Waals surface area contributed by atoms with E-state index in [0.717, 1.165) is 5.56 Å². The van der Waals surface area contributed by atoms with Crippen molar-refractivity contribution in [3.05, 3.63) is 34.9 Å². The molecule has 18 heavy (non-hydrogen) atoms. The highest BCUT2D eigenvalue weighted by atomic mass is 35.5. The molecule has 1 rings (SSSR count). The summed E-state index contributed by atoms with van der Waals surface area (Å²) in [7, 11) is 0. The van der Waals surface area contributed by atoms with Gasteiger partial charge in [0, 0.05) is 11.6 Å².